The maximum atomic E-state index is 12.5. The molecule has 0 fully saturated rings. The van der Waals surface area contributed by atoms with Crippen molar-refractivity contribution in [3.8, 4) is 0 Å². The van der Waals surface area contributed by atoms with E-state index in [0.29, 0.717) is 11.1 Å². The van der Waals surface area contributed by atoms with Crippen LogP contribution in [0.15, 0.2) is 54.6 Å². The summed E-state index contributed by atoms with van der Waals surface area (Å²) in [5, 5.41) is 2.05. The van der Waals surface area contributed by atoms with Crippen LogP contribution in [0, 0.1) is 6.92 Å². The number of aryl methyl sites for hydroxylation is 1. The third kappa shape index (κ3) is 3.84. The molecule has 0 aliphatic rings. The van der Waals surface area contributed by atoms with Gasteiger partial charge in [0.15, 0.2) is 0 Å². The highest BCUT2D eigenvalue weighted by Gasteiger charge is 2.40. The predicted molar refractivity (Wildman–Crippen MR) is 73.7 cm³/mol. The Balaban J connectivity index is 2.36. The van der Waals surface area contributed by atoms with E-state index in [2.05, 4.69) is 0 Å². The predicted octanol–water partition coefficient (Wildman–Crippen LogP) is 3.76. The lowest BCUT2D eigenvalue weighted by Gasteiger charge is -2.20. The van der Waals surface area contributed by atoms with E-state index in [-0.39, 0.29) is 0 Å². The van der Waals surface area contributed by atoms with Gasteiger partial charge in [-0.1, -0.05) is 60.2 Å². The Morgan fingerprint density at radius 1 is 0.952 bits per heavy atom. The van der Waals surface area contributed by atoms with Crippen molar-refractivity contribution in [1.29, 1.82) is 0 Å². The topological polar surface area (TPSA) is 29.1 Å². The molecular formula is C16H14F3NO. The number of nitrogens with one attached hydrogen (secondary N) is 1. The minimum absolute atomic E-state index is 0.596. The molecule has 1 N–H and O–H groups in total. The molecule has 21 heavy (non-hydrogen) atoms. The zero-order valence-electron chi connectivity index (χ0n) is 11.3. The number of carbonyl (C=O) groups is 1. The Bertz CT molecular complexity index is 606. The van der Waals surface area contributed by atoms with Gasteiger partial charge in [0.1, 0.15) is 0 Å². The molecule has 2 rings (SSSR count). The molecule has 1 unspecified atom stereocenters. The monoisotopic (exact) mass is 293 g/mol. The van der Waals surface area contributed by atoms with Gasteiger partial charge in [0.05, 0.1) is 6.04 Å². The Hall–Kier alpha value is -2.30. The van der Waals surface area contributed by atoms with E-state index >= 15 is 0 Å². The van der Waals surface area contributed by atoms with E-state index in [1.165, 1.54) is 0 Å². The summed E-state index contributed by atoms with van der Waals surface area (Å²) in [4.78, 5) is 11.3. The first kappa shape index (κ1) is 15.1. The molecule has 0 heterocycles. The van der Waals surface area contributed by atoms with E-state index < -0.39 is 18.1 Å². The van der Waals surface area contributed by atoms with Gasteiger partial charge in [0, 0.05) is 0 Å². The van der Waals surface area contributed by atoms with Gasteiger partial charge in [-0.3, -0.25) is 4.79 Å². The first-order valence-electron chi connectivity index (χ1n) is 6.37. The minimum Gasteiger partial charge on any atom is -0.337 e. The van der Waals surface area contributed by atoms with Crippen LogP contribution >= 0.6 is 0 Å². The summed E-state index contributed by atoms with van der Waals surface area (Å²) >= 11 is 0. The summed E-state index contributed by atoms with van der Waals surface area (Å²) in [6.07, 6.45) is -4.91. The van der Waals surface area contributed by atoms with Crippen LogP contribution in [-0.2, 0) is 4.79 Å². The third-order valence-electron chi connectivity index (χ3n) is 3.08. The highest BCUT2D eigenvalue weighted by Crippen LogP contribution is 2.24. The smallest absolute Gasteiger partial charge is 0.337 e. The van der Waals surface area contributed by atoms with Crippen LogP contribution < -0.4 is 5.32 Å². The first-order chi connectivity index (χ1) is 9.88. The summed E-state index contributed by atoms with van der Waals surface area (Å²) in [6, 6.07) is 14.8. The van der Waals surface area contributed by atoms with Crippen LogP contribution in [0.2, 0.25) is 0 Å². The average Bonchev–Trinajstić information content (AvgIpc) is 2.45. The summed E-state index contributed by atoms with van der Waals surface area (Å²) in [5.41, 5.74) is 2.19. The lowest BCUT2D eigenvalue weighted by atomic mass is 9.98. The molecule has 0 spiro atoms. The van der Waals surface area contributed by atoms with Crippen molar-refractivity contribution in [2.75, 3.05) is 0 Å². The maximum Gasteiger partial charge on any atom is 0.471 e. The molecule has 2 nitrogen and oxygen atoms in total. The van der Waals surface area contributed by atoms with Crippen molar-refractivity contribution in [3.05, 3.63) is 71.3 Å². The van der Waals surface area contributed by atoms with Gasteiger partial charge < -0.3 is 5.32 Å². The van der Waals surface area contributed by atoms with Crippen LogP contribution in [0.1, 0.15) is 22.7 Å². The van der Waals surface area contributed by atoms with Crippen LogP contribution in [0.5, 0.6) is 0 Å². The third-order valence-corrected chi connectivity index (χ3v) is 3.08. The number of alkyl halides is 3. The van der Waals surface area contributed by atoms with Crippen molar-refractivity contribution < 1.29 is 18.0 Å². The van der Waals surface area contributed by atoms with Gasteiger partial charge in [-0.25, -0.2) is 0 Å². The molecule has 0 bridgehead atoms. The normalized spacial score (nSPS) is 12.8. The molecule has 0 aliphatic heterocycles. The van der Waals surface area contributed by atoms with Crippen molar-refractivity contribution in [3.63, 3.8) is 0 Å². The highest BCUT2D eigenvalue weighted by atomic mass is 19.4. The number of halogens is 3. The number of benzene rings is 2. The van der Waals surface area contributed by atoms with Gasteiger partial charge in [-0.2, -0.15) is 13.2 Å². The second-order valence-corrected chi connectivity index (χ2v) is 4.73. The van der Waals surface area contributed by atoms with E-state index in [0.717, 1.165) is 5.56 Å². The number of hydrogen-bond acceptors (Lipinski definition) is 1. The van der Waals surface area contributed by atoms with Crippen LogP contribution in [0.25, 0.3) is 0 Å². The lowest BCUT2D eigenvalue weighted by Crippen LogP contribution is -2.39. The molecule has 110 valence electrons. The van der Waals surface area contributed by atoms with E-state index in [4.69, 9.17) is 0 Å². The van der Waals surface area contributed by atoms with Crippen molar-refractivity contribution >= 4 is 5.91 Å². The number of amides is 1. The number of hydrogen-bond donors (Lipinski definition) is 1. The fourth-order valence-corrected chi connectivity index (χ4v) is 1.98. The van der Waals surface area contributed by atoms with Crippen molar-refractivity contribution in [1.82, 2.24) is 5.32 Å². The van der Waals surface area contributed by atoms with Crippen LogP contribution in [0.3, 0.4) is 0 Å². The highest BCUT2D eigenvalue weighted by molar-refractivity contribution is 5.82. The molecular weight excluding hydrogens is 279 g/mol. The van der Waals surface area contributed by atoms with Gasteiger partial charge >= 0.3 is 12.1 Å². The van der Waals surface area contributed by atoms with Crippen molar-refractivity contribution in [2.24, 2.45) is 0 Å². The second kappa shape index (κ2) is 5.99. The molecule has 0 saturated carbocycles. The SMILES string of the molecule is Cc1ccc(C(NC(=O)C(F)(F)F)c2ccccc2)cc1. The van der Waals surface area contributed by atoms with Gasteiger partial charge in [0.2, 0.25) is 0 Å². The standard InChI is InChI=1S/C16H14F3NO/c1-11-7-9-13(10-8-11)14(12-5-3-2-4-6-12)20-15(21)16(17,18)19/h2-10,14H,1H3,(H,20,21). The molecule has 2 aromatic carbocycles. The first-order valence-corrected chi connectivity index (χ1v) is 6.37. The Morgan fingerprint density at radius 3 is 2.00 bits per heavy atom. The largest absolute Gasteiger partial charge is 0.471 e. The summed E-state index contributed by atoms with van der Waals surface area (Å²) in [7, 11) is 0. The van der Waals surface area contributed by atoms with Crippen molar-refractivity contribution in [2.45, 2.75) is 19.1 Å². The quantitative estimate of drug-likeness (QED) is 0.917. The van der Waals surface area contributed by atoms with Gasteiger partial charge in [-0.15, -0.1) is 0 Å². The zero-order valence-corrected chi connectivity index (χ0v) is 11.3. The van der Waals surface area contributed by atoms with E-state index in [1.807, 2.05) is 12.2 Å². The fourth-order valence-electron chi connectivity index (χ4n) is 1.98. The zero-order chi connectivity index (χ0) is 15.5. The molecule has 5 heteroatoms. The van der Waals surface area contributed by atoms with Crippen LogP contribution in [0.4, 0.5) is 13.2 Å². The second-order valence-electron chi connectivity index (χ2n) is 4.73. The average molecular weight is 293 g/mol. The number of rotatable bonds is 3. The summed E-state index contributed by atoms with van der Waals surface area (Å²) < 4.78 is 37.5. The summed E-state index contributed by atoms with van der Waals surface area (Å²) in [6.45, 7) is 1.88. The Morgan fingerprint density at radius 2 is 1.48 bits per heavy atom. The number of carbonyl (C=O) groups excluding carboxylic acids is 1. The molecule has 1 amide bonds. The molecule has 1 atom stereocenters. The lowest BCUT2D eigenvalue weighted by molar-refractivity contribution is -0.174. The molecule has 0 saturated heterocycles. The van der Waals surface area contributed by atoms with Crippen LogP contribution in [-0.4, -0.2) is 12.1 Å². The maximum absolute atomic E-state index is 12.5. The van der Waals surface area contributed by atoms with Gasteiger partial charge in [0.25, 0.3) is 0 Å². The molecule has 0 aliphatic carbocycles. The Labute approximate surface area is 120 Å². The van der Waals surface area contributed by atoms with Gasteiger partial charge in [-0.05, 0) is 18.1 Å². The molecule has 2 aromatic rings. The van der Waals surface area contributed by atoms with E-state index in [9.17, 15) is 18.0 Å². The summed E-state index contributed by atoms with van der Waals surface area (Å²) in [5.74, 6) is -1.95. The molecule has 0 radical (unpaired) electrons. The molecule has 0 aromatic heterocycles. The van der Waals surface area contributed by atoms with E-state index in [1.54, 1.807) is 54.6 Å². The Kier molecular flexibility index (Phi) is 4.31. The fraction of sp³-hybridized carbons (Fsp3) is 0.188. The minimum atomic E-state index is -4.91.